The number of nitrogens with zero attached hydrogens (tertiary/aromatic N) is 3. The first-order valence-corrected chi connectivity index (χ1v) is 9.36. The predicted molar refractivity (Wildman–Crippen MR) is 105 cm³/mol. The fraction of sp³-hybridized carbons (Fsp3) is 0.200. The highest BCUT2D eigenvalue weighted by Crippen LogP contribution is 2.27. The summed E-state index contributed by atoms with van der Waals surface area (Å²) in [6.07, 6.45) is 0. The van der Waals surface area contributed by atoms with Crippen molar-refractivity contribution < 1.29 is 9.66 Å². The van der Waals surface area contributed by atoms with Crippen LogP contribution in [0.2, 0.25) is 0 Å². The molecule has 0 N–H and O–H groups in total. The Morgan fingerprint density at radius 1 is 1.04 bits per heavy atom. The van der Waals surface area contributed by atoms with Gasteiger partial charge in [-0.1, -0.05) is 30.0 Å². The largest absolute Gasteiger partial charge is 0.439 e. The lowest BCUT2D eigenvalue weighted by Gasteiger charge is -2.09. The number of aryl methyl sites for hydroxylation is 3. The smallest absolute Gasteiger partial charge is 0.269 e. The second-order valence-corrected chi connectivity index (χ2v) is 7.14. The normalized spacial score (nSPS) is 10.6. The van der Waals surface area contributed by atoms with Gasteiger partial charge in [-0.2, -0.15) is 4.98 Å². The van der Waals surface area contributed by atoms with E-state index in [0.717, 1.165) is 22.6 Å². The van der Waals surface area contributed by atoms with Crippen LogP contribution in [0.3, 0.4) is 0 Å². The molecule has 7 heteroatoms. The fourth-order valence-corrected chi connectivity index (χ4v) is 3.27. The minimum atomic E-state index is -0.396. The molecule has 0 saturated heterocycles. The standard InChI is InChI=1S/C20H19N3O3S/c1-13-7-8-18(9-14(13)2)26-19-10-15(3)21-20(22-19)27-12-16-5-4-6-17(11-16)23(24)25/h4-11H,12H2,1-3H3. The van der Waals surface area contributed by atoms with Crippen molar-refractivity contribution in [1.29, 1.82) is 0 Å². The Labute approximate surface area is 161 Å². The summed E-state index contributed by atoms with van der Waals surface area (Å²) in [6.45, 7) is 5.97. The molecule has 0 aliphatic carbocycles. The molecule has 1 heterocycles. The maximum Gasteiger partial charge on any atom is 0.269 e. The molecule has 27 heavy (non-hydrogen) atoms. The number of aromatic nitrogens is 2. The summed E-state index contributed by atoms with van der Waals surface area (Å²) in [5.41, 5.74) is 4.08. The maximum atomic E-state index is 10.9. The minimum absolute atomic E-state index is 0.0806. The predicted octanol–water partition coefficient (Wildman–Crippen LogP) is 5.39. The van der Waals surface area contributed by atoms with Gasteiger partial charge in [-0.15, -0.1) is 0 Å². The lowest BCUT2D eigenvalue weighted by molar-refractivity contribution is -0.384. The zero-order chi connectivity index (χ0) is 19.4. The van der Waals surface area contributed by atoms with Gasteiger partial charge in [-0.25, -0.2) is 4.98 Å². The average Bonchev–Trinajstić information content (AvgIpc) is 2.63. The second kappa shape index (κ2) is 8.18. The Morgan fingerprint density at radius 3 is 2.59 bits per heavy atom. The molecule has 0 spiro atoms. The van der Waals surface area contributed by atoms with Crippen LogP contribution in [-0.2, 0) is 5.75 Å². The molecule has 0 aliphatic rings. The topological polar surface area (TPSA) is 78.2 Å². The van der Waals surface area contributed by atoms with Gasteiger partial charge in [0.15, 0.2) is 5.16 Å². The minimum Gasteiger partial charge on any atom is -0.439 e. The summed E-state index contributed by atoms with van der Waals surface area (Å²) in [6, 6.07) is 14.3. The highest BCUT2D eigenvalue weighted by molar-refractivity contribution is 7.98. The molecule has 3 aromatic rings. The first kappa shape index (κ1) is 18.8. The number of rotatable bonds is 6. The Morgan fingerprint density at radius 2 is 1.85 bits per heavy atom. The van der Waals surface area contributed by atoms with Crippen LogP contribution in [0.25, 0.3) is 0 Å². The number of hydrogen-bond acceptors (Lipinski definition) is 6. The molecule has 0 atom stereocenters. The summed E-state index contributed by atoms with van der Waals surface area (Å²) in [7, 11) is 0. The van der Waals surface area contributed by atoms with Crippen molar-refractivity contribution >= 4 is 17.4 Å². The summed E-state index contributed by atoms with van der Waals surface area (Å²) in [4.78, 5) is 19.4. The van der Waals surface area contributed by atoms with Gasteiger partial charge in [0, 0.05) is 29.6 Å². The Hall–Kier alpha value is -2.93. The number of thioether (sulfide) groups is 1. The molecule has 6 nitrogen and oxygen atoms in total. The van der Waals surface area contributed by atoms with E-state index in [4.69, 9.17) is 4.74 Å². The molecule has 2 aromatic carbocycles. The SMILES string of the molecule is Cc1cc(Oc2ccc(C)c(C)c2)nc(SCc2cccc([N+](=O)[O-])c2)n1. The third kappa shape index (κ3) is 5.04. The summed E-state index contributed by atoms with van der Waals surface area (Å²) >= 11 is 1.41. The fourth-order valence-electron chi connectivity index (χ4n) is 2.44. The molecule has 0 fully saturated rings. The highest BCUT2D eigenvalue weighted by Gasteiger charge is 2.09. The number of nitro benzene ring substituents is 1. The van der Waals surface area contributed by atoms with E-state index in [1.165, 1.54) is 23.4 Å². The number of benzene rings is 2. The van der Waals surface area contributed by atoms with Crippen molar-refractivity contribution in [1.82, 2.24) is 9.97 Å². The molecule has 0 saturated carbocycles. The number of nitro groups is 1. The van der Waals surface area contributed by atoms with Crippen molar-refractivity contribution in [2.45, 2.75) is 31.7 Å². The zero-order valence-corrected chi connectivity index (χ0v) is 16.1. The van der Waals surface area contributed by atoms with E-state index in [9.17, 15) is 10.1 Å². The quantitative estimate of drug-likeness (QED) is 0.246. The van der Waals surface area contributed by atoms with E-state index in [0.29, 0.717) is 16.8 Å². The van der Waals surface area contributed by atoms with E-state index in [2.05, 4.69) is 16.9 Å². The number of hydrogen-bond donors (Lipinski definition) is 0. The van der Waals surface area contributed by atoms with Crippen molar-refractivity contribution in [3.63, 3.8) is 0 Å². The van der Waals surface area contributed by atoms with Crippen molar-refractivity contribution in [3.8, 4) is 11.6 Å². The van der Waals surface area contributed by atoms with Crippen LogP contribution in [0.4, 0.5) is 5.69 Å². The molecule has 1 aromatic heterocycles. The number of ether oxygens (including phenoxy) is 1. The van der Waals surface area contributed by atoms with Crippen molar-refractivity contribution in [3.05, 3.63) is 81.0 Å². The van der Waals surface area contributed by atoms with Crippen molar-refractivity contribution in [2.24, 2.45) is 0 Å². The van der Waals surface area contributed by atoms with Gasteiger partial charge in [0.05, 0.1) is 4.92 Å². The van der Waals surface area contributed by atoms with Crippen molar-refractivity contribution in [2.75, 3.05) is 0 Å². The van der Waals surface area contributed by atoms with Gasteiger partial charge in [0.25, 0.3) is 5.69 Å². The average molecular weight is 381 g/mol. The van der Waals surface area contributed by atoms with Gasteiger partial charge in [0.1, 0.15) is 5.75 Å². The first-order valence-electron chi connectivity index (χ1n) is 8.37. The van der Waals surface area contributed by atoms with E-state index < -0.39 is 4.92 Å². The van der Waals surface area contributed by atoms with Crippen LogP contribution >= 0.6 is 11.8 Å². The molecule has 0 amide bonds. The van der Waals surface area contributed by atoms with E-state index in [-0.39, 0.29) is 5.69 Å². The maximum absolute atomic E-state index is 10.9. The van der Waals surface area contributed by atoms with Gasteiger partial charge in [0.2, 0.25) is 5.88 Å². The molecule has 3 rings (SSSR count). The lowest BCUT2D eigenvalue weighted by atomic mass is 10.1. The zero-order valence-electron chi connectivity index (χ0n) is 15.3. The molecular weight excluding hydrogens is 362 g/mol. The van der Waals surface area contributed by atoms with Gasteiger partial charge in [-0.3, -0.25) is 10.1 Å². The summed E-state index contributed by atoms with van der Waals surface area (Å²) in [5.74, 6) is 1.74. The van der Waals surface area contributed by atoms with E-state index in [1.54, 1.807) is 18.2 Å². The molecule has 0 unspecified atom stereocenters. The Kier molecular flexibility index (Phi) is 5.71. The highest BCUT2D eigenvalue weighted by atomic mass is 32.2. The Balaban J connectivity index is 1.74. The monoisotopic (exact) mass is 381 g/mol. The van der Waals surface area contributed by atoms with Crippen LogP contribution in [0.15, 0.2) is 53.7 Å². The second-order valence-electron chi connectivity index (χ2n) is 6.19. The third-order valence-corrected chi connectivity index (χ3v) is 4.92. The molecule has 0 aliphatic heterocycles. The van der Waals surface area contributed by atoms with E-state index >= 15 is 0 Å². The van der Waals surface area contributed by atoms with Crippen LogP contribution < -0.4 is 4.74 Å². The van der Waals surface area contributed by atoms with Crippen LogP contribution in [0, 0.1) is 30.9 Å². The van der Waals surface area contributed by atoms with Crippen LogP contribution in [0.5, 0.6) is 11.6 Å². The Bertz CT molecular complexity index is 992. The molecular formula is C20H19N3O3S. The molecule has 0 radical (unpaired) electrons. The number of non-ortho nitro benzene ring substituents is 1. The summed E-state index contributed by atoms with van der Waals surface area (Å²) < 4.78 is 5.88. The third-order valence-electron chi connectivity index (χ3n) is 4.00. The summed E-state index contributed by atoms with van der Waals surface area (Å²) in [5, 5.41) is 11.5. The lowest BCUT2D eigenvalue weighted by Crippen LogP contribution is -1.96. The molecule has 138 valence electrons. The molecule has 0 bridgehead atoms. The van der Waals surface area contributed by atoms with Gasteiger partial charge >= 0.3 is 0 Å². The van der Waals surface area contributed by atoms with E-state index in [1.807, 2.05) is 38.1 Å². The first-order chi connectivity index (χ1) is 12.9. The van der Waals surface area contributed by atoms with Crippen LogP contribution in [-0.4, -0.2) is 14.9 Å². The van der Waals surface area contributed by atoms with Crippen LogP contribution in [0.1, 0.15) is 22.4 Å². The van der Waals surface area contributed by atoms with Gasteiger partial charge < -0.3 is 4.74 Å². The van der Waals surface area contributed by atoms with Gasteiger partial charge in [-0.05, 0) is 49.6 Å².